The molecular weight excluding hydrogens is 264 g/mol. The van der Waals surface area contributed by atoms with Gasteiger partial charge in [0.25, 0.3) is 5.91 Å². The van der Waals surface area contributed by atoms with Gasteiger partial charge in [-0.05, 0) is 23.8 Å². The van der Waals surface area contributed by atoms with Gasteiger partial charge in [-0.1, -0.05) is 30.3 Å². The van der Waals surface area contributed by atoms with Gasteiger partial charge in [0, 0.05) is 19.2 Å². The first-order valence-corrected chi connectivity index (χ1v) is 6.96. The minimum atomic E-state index is -0.438. The van der Waals surface area contributed by atoms with E-state index in [0.717, 1.165) is 11.3 Å². The quantitative estimate of drug-likeness (QED) is 0.741. The highest BCUT2D eigenvalue weighted by molar-refractivity contribution is 6.20. The third-order valence-corrected chi connectivity index (χ3v) is 4.31. The Bertz CT molecular complexity index is 769. The molecule has 4 nitrogen and oxygen atoms in total. The third-order valence-electron chi connectivity index (χ3n) is 4.31. The number of hydrogen-bond acceptors (Lipinski definition) is 2. The summed E-state index contributed by atoms with van der Waals surface area (Å²) >= 11 is 0. The molecule has 2 aliphatic rings. The monoisotopic (exact) mass is 278 g/mol. The molecule has 2 aliphatic heterocycles. The van der Waals surface area contributed by atoms with Crippen LogP contribution in [0.25, 0.3) is 0 Å². The molecular formula is C17H14N2O2. The predicted molar refractivity (Wildman–Crippen MR) is 80.6 cm³/mol. The van der Waals surface area contributed by atoms with E-state index in [1.54, 1.807) is 22.9 Å². The maximum atomic E-state index is 12.9. The highest BCUT2D eigenvalue weighted by atomic mass is 16.2. The van der Waals surface area contributed by atoms with E-state index in [1.165, 1.54) is 0 Å². The van der Waals surface area contributed by atoms with E-state index in [9.17, 15) is 9.59 Å². The maximum absolute atomic E-state index is 12.9. The van der Waals surface area contributed by atoms with Gasteiger partial charge in [-0.2, -0.15) is 0 Å². The van der Waals surface area contributed by atoms with Crippen molar-refractivity contribution in [2.24, 2.45) is 0 Å². The smallest absolute Gasteiger partial charge is 0.261 e. The largest absolute Gasteiger partial charge is 0.313 e. The van der Waals surface area contributed by atoms with Gasteiger partial charge in [0.1, 0.15) is 6.04 Å². The normalized spacial score (nSPS) is 20.0. The number of para-hydroxylation sites is 2. The lowest BCUT2D eigenvalue weighted by atomic mass is 10.1. The number of carbonyl (C=O) groups excluding carboxylic acids is 2. The second-order valence-electron chi connectivity index (χ2n) is 5.44. The summed E-state index contributed by atoms with van der Waals surface area (Å²) in [4.78, 5) is 28.9. The van der Waals surface area contributed by atoms with Crippen molar-refractivity contribution in [1.82, 2.24) is 0 Å². The van der Waals surface area contributed by atoms with Crippen LogP contribution < -0.4 is 9.80 Å². The van der Waals surface area contributed by atoms with Gasteiger partial charge in [0.2, 0.25) is 5.91 Å². The zero-order chi connectivity index (χ0) is 14.6. The summed E-state index contributed by atoms with van der Waals surface area (Å²) in [5.74, 6) is -0.136. The summed E-state index contributed by atoms with van der Waals surface area (Å²) in [7, 11) is 1.74. The molecule has 0 aliphatic carbocycles. The fourth-order valence-corrected chi connectivity index (χ4v) is 3.25. The molecule has 0 radical (unpaired) electrons. The number of rotatable bonds is 0. The number of carbonyl (C=O) groups is 2. The van der Waals surface area contributed by atoms with Crippen LogP contribution in [-0.4, -0.2) is 24.9 Å². The summed E-state index contributed by atoms with van der Waals surface area (Å²) < 4.78 is 0. The molecule has 0 spiro atoms. The molecule has 2 amide bonds. The van der Waals surface area contributed by atoms with Crippen LogP contribution in [0.4, 0.5) is 11.4 Å². The number of likely N-dealkylation sites (N-methyl/N-ethyl adjacent to an activating group) is 1. The predicted octanol–water partition coefficient (Wildman–Crippen LogP) is 2.23. The van der Waals surface area contributed by atoms with Crippen LogP contribution >= 0.6 is 0 Å². The number of nitrogens with zero attached hydrogens (tertiary/aromatic N) is 2. The zero-order valence-electron chi connectivity index (χ0n) is 11.6. The number of benzene rings is 2. The molecule has 0 saturated heterocycles. The van der Waals surface area contributed by atoms with Crippen molar-refractivity contribution in [1.29, 1.82) is 0 Å². The highest BCUT2D eigenvalue weighted by Gasteiger charge is 2.43. The Labute approximate surface area is 122 Å². The van der Waals surface area contributed by atoms with Crippen LogP contribution in [0.3, 0.4) is 0 Å². The lowest BCUT2D eigenvalue weighted by molar-refractivity contribution is -0.119. The Morgan fingerprint density at radius 3 is 2.43 bits per heavy atom. The average Bonchev–Trinajstić information content (AvgIpc) is 2.89. The summed E-state index contributed by atoms with van der Waals surface area (Å²) in [5.41, 5.74) is 3.16. The molecule has 0 aromatic heterocycles. The Kier molecular flexibility index (Phi) is 2.42. The Hall–Kier alpha value is -2.62. The van der Waals surface area contributed by atoms with E-state index in [4.69, 9.17) is 0 Å². The van der Waals surface area contributed by atoms with Crippen molar-refractivity contribution in [3.63, 3.8) is 0 Å². The number of amides is 2. The fourth-order valence-electron chi connectivity index (χ4n) is 3.25. The Morgan fingerprint density at radius 2 is 1.62 bits per heavy atom. The van der Waals surface area contributed by atoms with Crippen LogP contribution in [0.15, 0.2) is 48.5 Å². The topological polar surface area (TPSA) is 40.6 Å². The highest BCUT2D eigenvalue weighted by Crippen LogP contribution is 2.38. The number of anilines is 2. The molecule has 0 bridgehead atoms. The molecule has 1 unspecified atom stereocenters. The Balaban J connectivity index is 1.95. The zero-order valence-corrected chi connectivity index (χ0v) is 11.6. The van der Waals surface area contributed by atoms with Gasteiger partial charge in [0.05, 0.1) is 11.3 Å². The van der Waals surface area contributed by atoms with E-state index in [2.05, 4.69) is 0 Å². The molecule has 2 aromatic carbocycles. The SMILES string of the molecule is CN1C(=O)C2Cc3ccccc3N2C(=O)c2ccccc21. The van der Waals surface area contributed by atoms with Gasteiger partial charge >= 0.3 is 0 Å². The van der Waals surface area contributed by atoms with Crippen molar-refractivity contribution in [2.75, 3.05) is 16.8 Å². The molecule has 2 aromatic rings. The molecule has 21 heavy (non-hydrogen) atoms. The molecule has 0 N–H and O–H groups in total. The fraction of sp³-hybridized carbons (Fsp3) is 0.176. The summed E-state index contributed by atoms with van der Waals surface area (Å²) in [6.07, 6.45) is 0.582. The summed E-state index contributed by atoms with van der Waals surface area (Å²) in [6.45, 7) is 0. The van der Waals surface area contributed by atoms with E-state index < -0.39 is 6.04 Å². The molecule has 4 rings (SSSR count). The van der Waals surface area contributed by atoms with Crippen molar-refractivity contribution in [3.8, 4) is 0 Å². The van der Waals surface area contributed by atoms with Crippen LogP contribution in [0.5, 0.6) is 0 Å². The summed E-state index contributed by atoms with van der Waals surface area (Å²) in [6, 6.07) is 14.6. The van der Waals surface area contributed by atoms with Gasteiger partial charge in [-0.25, -0.2) is 0 Å². The van der Waals surface area contributed by atoms with E-state index >= 15 is 0 Å². The van der Waals surface area contributed by atoms with Crippen molar-refractivity contribution in [2.45, 2.75) is 12.5 Å². The molecule has 0 saturated carbocycles. The standard InChI is InChI=1S/C17H14N2O2/c1-18-14-9-5-3-7-12(14)16(20)19-13-8-4-2-6-11(13)10-15(19)17(18)21/h2-9,15H,10H2,1H3. The third kappa shape index (κ3) is 1.56. The number of hydrogen-bond donors (Lipinski definition) is 0. The van der Waals surface area contributed by atoms with Crippen LogP contribution in [0.2, 0.25) is 0 Å². The van der Waals surface area contributed by atoms with Crippen molar-refractivity contribution >= 4 is 23.2 Å². The minimum Gasteiger partial charge on any atom is -0.313 e. The van der Waals surface area contributed by atoms with E-state index in [0.29, 0.717) is 17.7 Å². The van der Waals surface area contributed by atoms with Gasteiger partial charge < -0.3 is 4.90 Å². The van der Waals surface area contributed by atoms with E-state index in [1.807, 2.05) is 42.5 Å². The first-order chi connectivity index (χ1) is 10.2. The van der Waals surface area contributed by atoms with Crippen LogP contribution in [0, 0.1) is 0 Å². The molecule has 2 heterocycles. The number of fused-ring (bicyclic) bond motifs is 4. The van der Waals surface area contributed by atoms with Crippen LogP contribution in [-0.2, 0) is 11.2 Å². The minimum absolute atomic E-state index is 0.0375. The lowest BCUT2D eigenvalue weighted by Crippen LogP contribution is -2.45. The average molecular weight is 278 g/mol. The van der Waals surface area contributed by atoms with Gasteiger partial charge in [0.15, 0.2) is 0 Å². The first-order valence-electron chi connectivity index (χ1n) is 6.96. The lowest BCUT2D eigenvalue weighted by Gasteiger charge is -2.23. The second-order valence-corrected chi connectivity index (χ2v) is 5.44. The van der Waals surface area contributed by atoms with Crippen molar-refractivity contribution < 1.29 is 9.59 Å². The maximum Gasteiger partial charge on any atom is 0.261 e. The summed E-state index contributed by atoms with van der Waals surface area (Å²) in [5, 5.41) is 0. The molecule has 0 fully saturated rings. The molecule has 104 valence electrons. The van der Waals surface area contributed by atoms with Gasteiger partial charge in [-0.3, -0.25) is 14.5 Å². The van der Waals surface area contributed by atoms with E-state index in [-0.39, 0.29) is 11.8 Å². The second kappa shape index (κ2) is 4.19. The molecule has 4 heteroatoms. The van der Waals surface area contributed by atoms with Crippen LogP contribution in [0.1, 0.15) is 15.9 Å². The first kappa shape index (κ1) is 12.1. The molecule has 1 atom stereocenters. The Morgan fingerprint density at radius 1 is 0.952 bits per heavy atom. The van der Waals surface area contributed by atoms with Gasteiger partial charge in [-0.15, -0.1) is 0 Å². The van der Waals surface area contributed by atoms with Crippen molar-refractivity contribution in [3.05, 3.63) is 59.7 Å².